The van der Waals surface area contributed by atoms with E-state index in [2.05, 4.69) is 61.4 Å². The standard InChI is InChI=1S/C10H13N.C8H15N/c1-3-9-5-4-6-10(7-9)8-11-2;1-5-6-7(2)8(3)9-4/h4-7H,2-3,8H2,1H3;2,5-6H2,1,3-4H3. The lowest BCUT2D eigenvalue weighted by molar-refractivity contribution is 0.937. The summed E-state index contributed by atoms with van der Waals surface area (Å²) in [5, 5.41) is 0. The fourth-order valence-electron chi connectivity index (χ4n) is 1.72. The first-order valence-electron chi connectivity index (χ1n) is 7.20. The fourth-order valence-corrected chi connectivity index (χ4v) is 1.72. The third kappa shape index (κ3) is 7.67. The molecule has 0 fully saturated rings. The Morgan fingerprint density at radius 3 is 2.35 bits per heavy atom. The maximum absolute atomic E-state index is 4.02. The topological polar surface area (TPSA) is 24.7 Å². The van der Waals surface area contributed by atoms with E-state index in [1.54, 1.807) is 7.05 Å². The highest BCUT2D eigenvalue weighted by Crippen LogP contribution is 2.06. The second-order valence-electron chi connectivity index (χ2n) is 4.72. The number of aliphatic imine (C=N–C) groups is 2. The van der Waals surface area contributed by atoms with Gasteiger partial charge >= 0.3 is 0 Å². The van der Waals surface area contributed by atoms with E-state index in [0.717, 1.165) is 31.5 Å². The lowest BCUT2D eigenvalue weighted by Crippen LogP contribution is -1.94. The van der Waals surface area contributed by atoms with Gasteiger partial charge in [-0.25, -0.2) is 0 Å². The molecule has 20 heavy (non-hydrogen) atoms. The summed E-state index contributed by atoms with van der Waals surface area (Å²) in [6.45, 7) is 14.4. The third-order valence-corrected chi connectivity index (χ3v) is 3.09. The number of hydrogen-bond acceptors (Lipinski definition) is 2. The summed E-state index contributed by atoms with van der Waals surface area (Å²) in [5.74, 6) is 0. The Morgan fingerprint density at radius 2 is 1.85 bits per heavy atom. The highest BCUT2D eigenvalue weighted by molar-refractivity contribution is 5.97. The van der Waals surface area contributed by atoms with Crippen LogP contribution in [0.15, 0.2) is 46.4 Å². The summed E-state index contributed by atoms with van der Waals surface area (Å²) < 4.78 is 0. The van der Waals surface area contributed by atoms with Crippen LogP contribution >= 0.6 is 0 Å². The first-order chi connectivity index (χ1) is 9.58. The van der Waals surface area contributed by atoms with Crippen molar-refractivity contribution in [3.8, 4) is 0 Å². The van der Waals surface area contributed by atoms with Crippen LogP contribution < -0.4 is 0 Å². The first kappa shape index (κ1) is 18.3. The summed E-state index contributed by atoms with van der Waals surface area (Å²) in [7, 11) is 1.80. The Labute approximate surface area is 124 Å². The molecule has 0 atom stereocenters. The summed E-state index contributed by atoms with van der Waals surface area (Å²) >= 11 is 0. The minimum Gasteiger partial charge on any atom is -0.296 e. The SMILES string of the molecule is C=C(CCC)C(C)=NC.C=NCc1cccc(CC)c1. The van der Waals surface area contributed by atoms with Crippen molar-refractivity contribution in [2.24, 2.45) is 9.98 Å². The summed E-state index contributed by atoms with van der Waals surface area (Å²) in [5.41, 5.74) is 4.86. The van der Waals surface area contributed by atoms with E-state index in [0.29, 0.717) is 0 Å². The molecule has 0 N–H and O–H groups in total. The monoisotopic (exact) mass is 272 g/mol. The van der Waals surface area contributed by atoms with Gasteiger partial charge in [-0.15, -0.1) is 0 Å². The fraction of sp³-hybridized carbons (Fsp3) is 0.444. The van der Waals surface area contributed by atoms with E-state index in [1.807, 2.05) is 6.92 Å². The predicted molar refractivity (Wildman–Crippen MR) is 92.2 cm³/mol. The second-order valence-corrected chi connectivity index (χ2v) is 4.72. The first-order valence-corrected chi connectivity index (χ1v) is 7.20. The molecule has 0 aliphatic heterocycles. The van der Waals surface area contributed by atoms with Crippen molar-refractivity contribution < 1.29 is 0 Å². The molecule has 0 bridgehead atoms. The van der Waals surface area contributed by atoms with Crippen LogP contribution in [0.1, 0.15) is 44.7 Å². The second kappa shape index (κ2) is 11.2. The van der Waals surface area contributed by atoms with Crippen molar-refractivity contribution in [2.75, 3.05) is 7.05 Å². The Hall–Kier alpha value is -1.70. The van der Waals surface area contributed by atoms with Crippen molar-refractivity contribution in [1.82, 2.24) is 0 Å². The third-order valence-electron chi connectivity index (χ3n) is 3.09. The molecule has 0 saturated heterocycles. The van der Waals surface area contributed by atoms with Gasteiger partial charge in [0, 0.05) is 12.8 Å². The molecule has 0 unspecified atom stereocenters. The van der Waals surface area contributed by atoms with Gasteiger partial charge in [0.1, 0.15) is 0 Å². The van der Waals surface area contributed by atoms with Crippen molar-refractivity contribution in [1.29, 1.82) is 0 Å². The van der Waals surface area contributed by atoms with Crippen molar-refractivity contribution in [3.63, 3.8) is 0 Å². The van der Waals surface area contributed by atoms with E-state index < -0.39 is 0 Å². The number of hydrogen-bond donors (Lipinski definition) is 0. The molecule has 0 aromatic heterocycles. The number of rotatable bonds is 6. The molecule has 2 nitrogen and oxygen atoms in total. The molecule has 1 aromatic rings. The zero-order valence-corrected chi connectivity index (χ0v) is 13.4. The molecular weight excluding hydrogens is 244 g/mol. The van der Waals surface area contributed by atoms with Gasteiger partial charge in [-0.05, 0) is 43.2 Å². The van der Waals surface area contributed by atoms with E-state index in [1.165, 1.54) is 16.7 Å². The lowest BCUT2D eigenvalue weighted by Gasteiger charge is -1.99. The quantitative estimate of drug-likeness (QED) is 0.659. The van der Waals surface area contributed by atoms with Gasteiger partial charge in [0.2, 0.25) is 0 Å². The van der Waals surface area contributed by atoms with E-state index in [4.69, 9.17) is 0 Å². The smallest absolute Gasteiger partial charge is 0.0632 e. The molecule has 0 heterocycles. The minimum absolute atomic E-state index is 0.730. The van der Waals surface area contributed by atoms with Crippen molar-refractivity contribution in [2.45, 2.75) is 46.6 Å². The van der Waals surface area contributed by atoms with Gasteiger partial charge < -0.3 is 0 Å². The number of nitrogens with zero attached hydrogens (tertiary/aromatic N) is 2. The van der Waals surface area contributed by atoms with Crippen molar-refractivity contribution in [3.05, 3.63) is 47.5 Å². The van der Waals surface area contributed by atoms with Gasteiger partial charge in [-0.2, -0.15) is 0 Å². The molecule has 0 aliphatic carbocycles. The molecule has 0 radical (unpaired) electrons. The van der Waals surface area contributed by atoms with E-state index in [9.17, 15) is 0 Å². The van der Waals surface area contributed by atoms with Gasteiger partial charge in [0.05, 0.1) is 6.54 Å². The number of benzene rings is 1. The molecule has 0 aliphatic rings. The normalized spacial score (nSPS) is 10.5. The van der Waals surface area contributed by atoms with Crippen LogP contribution in [0.3, 0.4) is 0 Å². The van der Waals surface area contributed by atoms with Gasteiger partial charge in [-0.1, -0.05) is 51.1 Å². The lowest BCUT2D eigenvalue weighted by atomic mass is 10.1. The van der Waals surface area contributed by atoms with Gasteiger partial charge in [-0.3, -0.25) is 9.98 Å². The maximum atomic E-state index is 4.02. The highest BCUT2D eigenvalue weighted by Gasteiger charge is 1.93. The van der Waals surface area contributed by atoms with Crippen LogP contribution in [0, 0.1) is 0 Å². The highest BCUT2D eigenvalue weighted by atomic mass is 14.7. The summed E-state index contributed by atoms with van der Waals surface area (Å²) in [4.78, 5) is 7.86. The average molecular weight is 272 g/mol. The Balaban J connectivity index is 0.000000370. The zero-order valence-electron chi connectivity index (χ0n) is 13.4. The van der Waals surface area contributed by atoms with Crippen LogP contribution in [0.25, 0.3) is 0 Å². The predicted octanol–water partition coefficient (Wildman–Crippen LogP) is 4.88. The van der Waals surface area contributed by atoms with E-state index in [-0.39, 0.29) is 0 Å². The number of aryl methyl sites for hydroxylation is 1. The minimum atomic E-state index is 0.730. The molecule has 0 spiro atoms. The maximum Gasteiger partial charge on any atom is 0.0632 e. The molecule has 2 heteroatoms. The largest absolute Gasteiger partial charge is 0.296 e. The summed E-state index contributed by atoms with van der Waals surface area (Å²) in [6.07, 6.45) is 3.32. The van der Waals surface area contributed by atoms with Gasteiger partial charge in [0.15, 0.2) is 0 Å². The zero-order chi connectivity index (χ0) is 15.4. The molecular formula is C18H28N2. The number of allylic oxidation sites excluding steroid dienone is 1. The van der Waals surface area contributed by atoms with Crippen molar-refractivity contribution >= 4 is 12.4 Å². The molecule has 0 amide bonds. The van der Waals surface area contributed by atoms with Crippen LogP contribution in [0.4, 0.5) is 0 Å². The summed E-state index contributed by atoms with van der Waals surface area (Å²) in [6, 6.07) is 8.45. The molecule has 1 rings (SSSR count). The van der Waals surface area contributed by atoms with E-state index >= 15 is 0 Å². The van der Waals surface area contributed by atoms with Crippen LogP contribution in [0.2, 0.25) is 0 Å². The molecule has 0 saturated carbocycles. The van der Waals surface area contributed by atoms with Crippen LogP contribution in [-0.4, -0.2) is 19.5 Å². The van der Waals surface area contributed by atoms with Crippen LogP contribution in [0.5, 0.6) is 0 Å². The Kier molecular flexibility index (Phi) is 10.2. The molecule has 110 valence electrons. The molecule has 1 aromatic carbocycles. The average Bonchev–Trinajstić information content (AvgIpc) is 2.48. The Bertz CT molecular complexity index is 444. The Morgan fingerprint density at radius 1 is 1.20 bits per heavy atom. The van der Waals surface area contributed by atoms with Gasteiger partial charge in [0.25, 0.3) is 0 Å². The van der Waals surface area contributed by atoms with Crippen LogP contribution in [-0.2, 0) is 13.0 Å².